The van der Waals surface area contributed by atoms with Crippen LogP contribution in [0.25, 0.3) is 33.1 Å². The number of nitro groups is 1. The Balaban J connectivity index is 2.08. The molecule has 0 aliphatic rings. The number of nitrogens with two attached hydrogens (primary N) is 1. The van der Waals surface area contributed by atoms with Gasteiger partial charge in [-0.2, -0.15) is 0 Å². The summed E-state index contributed by atoms with van der Waals surface area (Å²) in [5.41, 5.74) is 4.70. The van der Waals surface area contributed by atoms with Gasteiger partial charge in [0.05, 0.1) is 16.1 Å². The summed E-state index contributed by atoms with van der Waals surface area (Å²) in [7, 11) is 0. The van der Waals surface area contributed by atoms with E-state index in [9.17, 15) is 14.9 Å². The average molecular weight is 347 g/mol. The van der Waals surface area contributed by atoms with E-state index in [1.165, 1.54) is 12.1 Å². The predicted octanol–water partition coefficient (Wildman–Crippen LogP) is 2.89. The lowest BCUT2D eigenvalue weighted by Gasteiger charge is -2.07. The first-order valence-corrected chi connectivity index (χ1v) is 7.75. The summed E-state index contributed by atoms with van der Waals surface area (Å²) in [5, 5.41) is 12.8. The van der Waals surface area contributed by atoms with Crippen molar-refractivity contribution in [3.8, 4) is 11.3 Å². The molecule has 1 amide bonds. The van der Waals surface area contributed by atoms with Gasteiger partial charge in [-0.15, -0.1) is 0 Å². The lowest BCUT2D eigenvalue weighted by molar-refractivity contribution is -0.384. The molecule has 2 heterocycles. The van der Waals surface area contributed by atoms with Crippen LogP contribution >= 0.6 is 0 Å². The number of hydrogen-bond donors (Lipinski definition) is 3. The molecule has 0 unspecified atom stereocenters. The third-order valence-corrected chi connectivity index (χ3v) is 4.19. The highest BCUT2D eigenvalue weighted by Gasteiger charge is 2.18. The van der Waals surface area contributed by atoms with Crippen LogP contribution in [0.2, 0.25) is 0 Å². The van der Waals surface area contributed by atoms with Gasteiger partial charge in [-0.25, -0.2) is 10.8 Å². The largest absolute Gasteiger partial charge is 0.353 e. The molecule has 4 N–H and O–H groups in total. The fourth-order valence-electron chi connectivity index (χ4n) is 3.01. The maximum absolute atomic E-state index is 12.1. The molecule has 4 rings (SSSR count). The van der Waals surface area contributed by atoms with Crippen LogP contribution in [0.4, 0.5) is 5.69 Å². The molecule has 8 nitrogen and oxygen atoms in total. The van der Waals surface area contributed by atoms with E-state index in [0.717, 1.165) is 16.3 Å². The molecule has 0 saturated heterocycles. The molecule has 0 radical (unpaired) electrons. The molecule has 0 saturated carbocycles. The van der Waals surface area contributed by atoms with Crippen molar-refractivity contribution in [3.63, 3.8) is 0 Å². The molecule has 128 valence electrons. The Morgan fingerprint density at radius 3 is 2.69 bits per heavy atom. The smallest absolute Gasteiger partial charge is 0.283 e. The number of aromatic nitrogens is 2. The molecule has 26 heavy (non-hydrogen) atoms. The van der Waals surface area contributed by atoms with E-state index in [1.54, 1.807) is 18.2 Å². The molecule has 0 fully saturated rings. The Morgan fingerprint density at radius 1 is 1.12 bits per heavy atom. The maximum Gasteiger partial charge on any atom is 0.283 e. The number of nitrogens with one attached hydrogen (secondary N) is 2. The first-order valence-electron chi connectivity index (χ1n) is 7.75. The van der Waals surface area contributed by atoms with E-state index in [-0.39, 0.29) is 11.4 Å². The van der Waals surface area contributed by atoms with Crippen LogP contribution < -0.4 is 11.3 Å². The van der Waals surface area contributed by atoms with Crippen molar-refractivity contribution in [2.75, 3.05) is 0 Å². The Labute approximate surface area is 146 Å². The molecule has 0 bridgehead atoms. The molecule has 0 aliphatic heterocycles. The molecule has 0 aliphatic carbocycles. The number of carbonyl (C=O) groups is 1. The van der Waals surface area contributed by atoms with Gasteiger partial charge in [0, 0.05) is 34.0 Å². The van der Waals surface area contributed by atoms with Crippen molar-refractivity contribution in [2.45, 2.75) is 0 Å². The summed E-state index contributed by atoms with van der Waals surface area (Å²) < 4.78 is 0. The Kier molecular flexibility index (Phi) is 3.59. The number of rotatable bonds is 3. The number of nitrogens with zero attached hydrogens (tertiary/aromatic N) is 2. The van der Waals surface area contributed by atoms with Gasteiger partial charge in [0.2, 0.25) is 0 Å². The Bertz CT molecular complexity index is 1180. The Morgan fingerprint density at radius 2 is 1.92 bits per heavy atom. The van der Waals surface area contributed by atoms with Crippen LogP contribution in [0.1, 0.15) is 10.5 Å². The van der Waals surface area contributed by atoms with Gasteiger partial charge in [-0.3, -0.25) is 20.3 Å². The van der Waals surface area contributed by atoms with Crippen molar-refractivity contribution < 1.29 is 9.72 Å². The standard InChI is InChI=1S/C18H13N5O3/c19-22-18(24)15-9-13-12-6-1-2-7-14(12)20-17(13)16(21-15)10-4-3-5-11(8-10)23(25)26/h1-9,20H,19H2,(H,22,24). The number of pyridine rings is 1. The fraction of sp³-hybridized carbons (Fsp3) is 0. The van der Waals surface area contributed by atoms with E-state index in [0.29, 0.717) is 16.8 Å². The van der Waals surface area contributed by atoms with Crippen LogP contribution in [0.15, 0.2) is 54.6 Å². The number of hydrogen-bond acceptors (Lipinski definition) is 5. The van der Waals surface area contributed by atoms with Crippen LogP contribution in [0.5, 0.6) is 0 Å². The summed E-state index contributed by atoms with van der Waals surface area (Å²) in [5.74, 6) is 4.71. The molecule has 0 spiro atoms. The molecule has 2 aromatic heterocycles. The average Bonchev–Trinajstić information content (AvgIpc) is 3.05. The van der Waals surface area contributed by atoms with Gasteiger partial charge in [-0.1, -0.05) is 30.3 Å². The second kappa shape index (κ2) is 5.94. The predicted molar refractivity (Wildman–Crippen MR) is 97.3 cm³/mol. The number of nitrogen functional groups attached to an aromatic ring is 1. The van der Waals surface area contributed by atoms with E-state index < -0.39 is 10.8 Å². The van der Waals surface area contributed by atoms with Gasteiger partial charge in [0.1, 0.15) is 5.69 Å². The van der Waals surface area contributed by atoms with Crippen molar-refractivity contribution in [2.24, 2.45) is 5.84 Å². The summed E-state index contributed by atoms with van der Waals surface area (Å²) in [4.78, 5) is 30.4. The second-order valence-electron chi connectivity index (χ2n) is 5.73. The molecular formula is C18H13N5O3. The van der Waals surface area contributed by atoms with E-state index in [2.05, 4.69) is 15.4 Å². The number of amides is 1. The van der Waals surface area contributed by atoms with Crippen LogP contribution in [-0.2, 0) is 0 Å². The highest BCUT2D eigenvalue weighted by Crippen LogP contribution is 2.33. The number of aromatic amines is 1. The first-order chi connectivity index (χ1) is 12.6. The summed E-state index contributed by atoms with van der Waals surface area (Å²) in [6, 6.07) is 15.4. The van der Waals surface area contributed by atoms with Crippen molar-refractivity contribution >= 4 is 33.4 Å². The third-order valence-electron chi connectivity index (χ3n) is 4.19. The maximum atomic E-state index is 12.1. The van der Waals surface area contributed by atoms with Gasteiger partial charge < -0.3 is 4.98 Å². The number of carbonyl (C=O) groups excluding carboxylic acids is 1. The fourth-order valence-corrected chi connectivity index (χ4v) is 3.01. The number of benzene rings is 2. The Hall–Kier alpha value is -3.78. The number of H-pyrrole nitrogens is 1. The lowest BCUT2D eigenvalue weighted by atomic mass is 10.1. The summed E-state index contributed by atoms with van der Waals surface area (Å²) in [6.45, 7) is 0. The van der Waals surface area contributed by atoms with E-state index >= 15 is 0 Å². The molecule has 0 atom stereocenters. The van der Waals surface area contributed by atoms with Crippen LogP contribution in [0, 0.1) is 10.1 Å². The van der Waals surface area contributed by atoms with Crippen LogP contribution in [0.3, 0.4) is 0 Å². The van der Waals surface area contributed by atoms with Gasteiger partial charge in [0.25, 0.3) is 11.6 Å². The summed E-state index contributed by atoms with van der Waals surface area (Å²) in [6.07, 6.45) is 0. The van der Waals surface area contributed by atoms with Crippen LogP contribution in [-0.4, -0.2) is 20.8 Å². The topological polar surface area (TPSA) is 127 Å². The number of para-hydroxylation sites is 1. The normalized spacial score (nSPS) is 11.0. The minimum Gasteiger partial charge on any atom is -0.353 e. The zero-order valence-corrected chi connectivity index (χ0v) is 13.4. The van der Waals surface area contributed by atoms with Gasteiger partial charge in [0.15, 0.2) is 0 Å². The second-order valence-corrected chi connectivity index (χ2v) is 5.73. The number of nitro benzene ring substituents is 1. The number of fused-ring (bicyclic) bond motifs is 3. The van der Waals surface area contributed by atoms with Crippen molar-refractivity contribution in [1.82, 2.24) is 15.4 Å². The number of hydrazine groups is 1. The minimum atomic E-state index is -0.538. The van der Waals surface area contributed by atoms with Gasteiger partial charge >= 0.3 is 0 Å². The number of non-ortho nitro benzene ring substituents is 1. The monoisotopic (exact) mass is 347 g/mol. The van der Waals surface area contributed by atoms with E-state index in [4.69, 9.17) is 5.84 Å². The zero-order chi connectivity index (χ0) is 18.3. The quantitative estimate of drug-likeness (QED) is 0.227. The molecule has 8 heteroatoms. The first kappa shape index (κ1) is 15.7. The molecule has 2 aromatic carbocycles. The van der Waals surface area contributed by atoms with Crippen molar-refractivity contribution in [1.29, 1.82) is 0 Å². The molecule has 4 aromatic rings. The van der Waals surface area contributed by atoms with E-state index in [1.807, 2.05) is 24.3 Å². The minimum absolute atomic E-state index is 0.0535. The van der Waals surface area contributed by atoms with Crippen molar-refractivity contribution in [3.05, 3.63) is 70.4 Å². The summed E-state index contributed by atoms with van der Waals surface area (Å²) >= 11 is 0. The molecular weight excluding hydrogens is 334 g/mol. The van der Waals surface area contributed by atoms with Gasteiger partial charge in [-0.05, 0) is 12.1 Å². The highest BCUT2D eigenvalue weighted by atomic mass is 16.6. The SMILES string of the molecule is NNC(=O)c1cc2c([nH]c3ccccc32)c(-c2cccc([N+](=O)[O-])c2)n1. The third kappa shape index (κ3) is 2.45. The zero-order valence-electron chi connectivity index (χ0n) is 13.4. The lowest BCUT2D eigenvalue weighted by Crippen LogP contribution is -2.30. The highest BCUT2D eigenvalue weighted by molar-refractivity contribution is 6.13.